The quantitative estimate of drug-likeness (QED) is 0.680. The molecule has 2 aromatic rings. The van der Waals surface area contributed by atoms with Crippen LogP contribution in [0, 0.1) is 0 Å². The van der Waals surface area contributed by atoms with Crippen LogP contribution in [0.15, 0.2) is 30.9 Å². The van der Waals surface area contributed by atoms with Crippen molar-refractivity contribution >= 4 is 5.69 Å². The van der Waals surface area contributed by atoms with Gasteiger partial charge in [-0.3, -0.25) is 0 Å². The topological polar surface area (TPSA) is 77.6 Å². The number of nitrogen functional groups attached to an aromatic ring is 1. The fourth-order valence-electron chi connectivity index (χ4n) is 0.868. The number of nitrogens with two attached hydrogens (primary N) is 1. The normalized spacial score (nSPS) is 9.85. The van der Waals surface area contributed by atoms with E-state index >= 15 is 0 Å². The average Bonchev–Trinajstić information content (AvgIpc) is 2.20. The van der Waals surface area contributed by atoms with Crippen LogP contribution < -0.4 is 5.73 Å². The average molecular weight is 173 g/mol. The molecule has 0 saturated heterocycles. The Morgan fingerprint density at radius 2 is 1.38 bits per heavy atom. The summed E-state index contributed by atoms with van der Waals surface area (Å²) in [4.78, 5) is 16.0. The van der Waals surface area contributed by atoms with Crippen LogP contribution in [0.3, 0.4) is 0 Å². The SMILES string of the molecule is Nc1cnc(-c2ncccn2)nc1. The van der Waals surface area contributed by atoms with E-state index in [4.69, 9.17) is 5.73 Å². The predicted octanol–water partition coefficient (Wildman–Crippen LogP) is 0.516. The summed E-state index contributed by atoms with van der Waals surface area (Å²) < 4.78 is 0. The summed E-state index contributed by atoms with van der Waals surface area (Å²) in [6.07, 6.45) is 6.33. The highest BCUT2D eigenvalue weighted by Crippen LogP contribution is 2.06. The lowest BCUT2D eigenvalue weighted by atomic mass is 10.5. The number of aromatic nitrogens is 4. The van der Waals surface area contributed by atoms with Gasteiger partial charge in [0.25, 0.3) is 0 Å². The molecule has 5 heteroatoms. The van der Waals surface area contributed by atoms with Crippen LogP contribution in [-0.4, -0.2) is 19.9 Å². The van der Waals surface area contributed by atoms with Gasteiger partial charge < -0.3 is 5.73 Å². The fraction of sp³-hybridized carbons (Fsp3) is 0. The molecule has 13 heavy (non-hydrogen) atoms. The third kappa shape index (κ3) is 1.58. The maximum Gasteiger partial charge on any atom is 0.197 e. The highest BCUT2D eigenvalue weighted by molar-refractivity contribution is 5.44. The Hall–Kier alpha value is -2.04. The van der Waals surface area contributed by atoms with Crippen LogP contribution in [0.1, 0.15) is 0 Å². The van der Waals surface area contributed by atoms with E-state index in [0.717, 1.165) is 0 Å². The minimum atomic E-state index is 0.481. The molecule has 64 valence electrons. The fourth-order valence-corrected chi connectivity index (χ4v) is 0.868. The van der Waals surface area contributed by atoms with Crippen molar-refractivity contribution in [3.63, 3.8) is 0 Å². The molecular weight excluding hydrogens is 166 g/mol. The van der Waals surface area contributed by atoms with Crippen molar-refractivity contribution in [1.82, 2.24) is 19.9 Å². The summed E-state index contributed by atoms with van der Waals surface area (Å²) in [6.45, 7) is 0. The van der Waals surface area contributed by atoms with E-state index in [2.05, 4.69) is 19.9 Å². The van der Waals surface area contributed by atoms with E-state index in [9.17, 15) is 0 Å². The van der Waals surface area contributed by atoms with Crippen molar-refractivity contribution in [2.45, 2.75) is 0 Å². The van der Waals surface area contributed by atoms with Crippen molar-refractivity contribution < 1.29 is 0 Å². The lowest BCUT2D eigenvalue weighted by Gasteiger charge is -1.96. The molecule has 0 atom stereocenters. The Bertz CT molecular complexity index is 383. The molecule has 0 spiro atoms. The largest absolute Gasteiger partial charge is 0.396 e. The first kappa shape index (κ1) is 7.60. The van der Waals surface area contributed by atoms with Gasteiger partial charge in [-0.2, -0.15) is 0 Å². The maximum absolute atomic E-state index is 5.44. The zero-order chi connectivity index (χ0) is 9.10. The molecule has 2 N–H and O–H groups in total. The van der Waals surface area contributed by atoms with E-state index in [0.29, 0.717) is 17.3 Å². The van der Waals surface area contributed by atoms with E-state index in [1.807, 2.05) is 0 Å². The van der Waals surface area contributed by atoms with Crippen molar-refractivity contribution in [3.05, 3.63) is 30.9 Å². The van der Waals surface area contributed by atoms with E-state index in [1.54, 1.807) is 18.5 Å². The monoisotopic (exact) mass is 173 g/mol. The molecule has 0 saturated carbocycles. The maximum atomic E-state index is 5.44. The van der Waals surface area contributed by atoms with Crippen LogP contribution in [0.2, 0.25) is 0 Å². The standard InChI is InChI=1S/C8H7N5/c9-6-4-12-8(13-5-6)7-10-2-1-3-11-7/h1-5H,9H2. The third-order valence-corrected chi connectivity index (χ3v) is 1.44. The molecule has 0 aliphatic heterocycles. The summed E-state index contributed by atoms with van der Waals surface area (Å²) in [6, 6.07) is 1.74. The number of nitrogens with zero attached hydrogens (tertiary/aromatic N) is 4. The van der Waals surface area contributed by atoms with Gasteiger partial charge >= 0.3 is 0 Å². The molecule has 0 aliphatic rings. The summed E-state index contributed by atoms with van der Waals surface area (Å²) in [5.74, 6) is 0.984. The van der Waals surface area contributed by atoms with Gasteiger partial charge in [-0.15, -0.1) is 0 Å². The highest BCUT2D eigenvalue weighted by Gasteiger charge is 2.01. The molecule has 0 aliphatic carbocycles. The van der Waals surface area contributed by atoms with Crippen molar-refractivity contribution in [2.24, 2.45) is 0 Å². The lowest BCUT2D eigenvalue weighted by Crippen LogP contribution is -1.95. The number of anilines is 1. The summed E-state index contributed by atoms with van der Waals surface area (Å²) in [5.41, 5.74) is 5.97. The van der Waals surface area contributed by atoms with E-state index in [-0.39, 0.29) is 0 Å². The molecule has 0 amide bonds. The minimum absolute atomic E-state index is 0.481. The van der Waals surface area contributed by atoms with Gasteiger partial charge in [0.05, 0.1) is 18.1 Å². The second-order valence-corrected chi connectivity index (χ2v) is 2.41. The first-order valence-corrected chi connectivity index (χ1v) is 3.71. The number of hydrogen-bond acceptors (Lipinski definition) is 5. The molecule has 2 rings (SSSR count). The van der Waals surface area contributed by atoms with Crippen LogP contribution in [0.25, 0.3) is 11.6 Å². The summed E-state index contributed by atoms with van der Waals surface area (Å²) >= 11 is 0. The molecule has 0 aromatic carbocycles. The van der Waals surface area contributed by atoms with Gasteiger partial charge in [0.1, 0.15) is 0 Å². The summed E-state index contributed by atoms with van der Waals surface area (Å²) in [5, 5.41) is 0. The van der Waals surface area contributed by atoms with Crippen LogP contribution in [0.5, 0.6) is 0 Å². The molecule has 0 bridgehead atoms. The van der Waals surface area contributed by atoms with Gasteiger partial charge in [0, 0.05) is 12.4 Å². The Morgan fingerprint density at radius 1 is 0.846 bits per heavy atom. The first-order valence-electron chi connectivity index (χ1n) is 3.71. The lowest BCUT2D eigenvalue weighted by molar-refractivity contribution is 1.08. The Labute approximate surface area is 74.7 Å². The number of hydrogen-bond donors (Lipinski definition) is 1. The smallest absolute Gasteiger partial charge is 0.197 e. The summed E-state index contributed by atoms with van der Waals surface area (Å²) in [7, 11) is 0. The Balaban J connectivity index is 2.42. The van der Waals surface area contributed by atoms with Gasteiger partial charge in [-0.25, -0.2) is 19.9 Å². The number of rotatable bonds is 1. The van der Waals surface area contributed by atoms with Crippen molar-refractivity contribution in [3.8, 4) is 11.6 Å². The van der Waals surface area contributed by atoms with E-state index in [1.165, 1.54) is 12.4 Å². The van der Waals surface area contributed by atoms with Gasteiger partial charge in [-0.05, 0) is 6.07 Å². The molecule has 0 radical (unpaired) electrons. The van der Waals surface area contributed by atoms with Crippen LogP contribution in [-0.2, 0) is 0 Å². The molecule has 5 nitrogen and oxygen atoms in total. The molecule has 2 heterocycles. The Kier molecular flexibility index (Phi) is 1.84. The Morgan fingerprint density at radius 3 is 2.00 bits per heavy atom. The predicted molar refractivity (Wildman–Crippen MR) is 47.5 cm³/mol. The van der Waals surface area contributed by atoms with Crippen molar-refractivity contribution in [1.29, 1.82) is 0 Å². The van der Waals surface area contributed by atoms with Gasteiger partial charge in [-0.1, -0.05) is 0 Å². The van der Waals surface area contributed by atoms with E-state index < -0.39 is 0 Å². The molecular formula is C8H7N5. The highest BCUT2D eigenvalue weighted by atomic mass is 15.0. The second kappa shape index (κ2) is 3.14. The first-order chi connectivity index (χ1) is 6.36. The van der Waals surface area contributed by atoms with Gasteiger partial charge in [0.15, 0.2) is 11.6 Å². The third-order valence-electron chi connectivity index (χ3n) is 1.44. The van der Waals surface area contributed by atoms with Gasteiger partial charge in [0.2, 0.25) is 0 Å². The second-order valence-electron chi connectivity index (χ2n) is 2.41. The zero-order valence-corrected chi connectivity index (χ0v) is 6.75. The molecule has 0 unspecified atom stereocenters. The van der Waals surface area contributed by atoms with Crippen molar-refractivity contribution in [2.75, 3.05) is 5.73 Å². The zero-order valence-electron chi connectivity index (χ0n) is 6.75. The van der Waals surface area contributed by atoms with Crippen LogP contribution in [0.4, 0.5) is 5.69 Å². The molecule has 2 aromatic heterocycles. The minimum Gasteiger partial charge on any atom is -0.396 e. The molecule has 0 fully saturated rings. The van der Waals surface area contributed by atoms with Crippen LogP contribution >= 0.6 is 0 Å².